The van der Waals surface area contributed by atoms with E-state index in [9.17, 15) is 5.11 Å². The summed E-state index contributed by atoms with van der Waals surface area (Å²) >= 11 is 1.67. The van der Waals surface area contributed by atoms with Gasteiger partial charge in [0.2, 0.25) is 0 Å². The lowest BCUT2D eigenvalue weighted by atomic mass is 10.0. The van der Waals surface area contributed by atoms with Crippen LogP contribution in [-0.4, -0.2) is 11.4 Å². The summed E-state index contributed by atoms with van der Waals surface area (Å²) in [5.41, 5.74) is 2.18. The van der Waals surface area contributed by atoms with E-state index in [4.69, 9.17) is 0 Å². The van der Waals surface area contributed by atoms with Gasteiger partial charge in [-0.2, -0.15) is 0 Å². The van der Waals surface area contributed by atoms with Crippen LogP contribution in [0.3, 0.4) is 0 Å². The summed E-state index contributed by atoms with van der Waals surface area (Å²) in [7, 11) is 0. The smallest absolute Gasteiger partial charge is 0.0841 e. The molecule has 0 aliphatic heterocycles. The summed E-state index contributed by atoms with van der Waals surface area (Å²) in [6.07, 6.45) is 2.27. The lowest BCUT2D eigenvalue weighted by Gasteiger charge is -2.14. The molecule has 0 fully saturated rings. The zero-order valence-electron chi connectivity index (χ0n) is 9.84. The average molecular weight is 244 g/mol. The summed E-state index contributed by atoms with van der Waals surface area (Å²) in [6, 6.07) is 18.1. The van der Waals surface area contributed by atoms with Crippen molar-refractivity contribution in [3.63, 3.8) is 0 Å². The van der Waals surface area contributed by atoms with Crippen molar-refractivity contribution in [1.82, 2.24) is 0 Å². The lowest BCUT2D eigenvalue weighted by molar-refractivity contribution is 0.175. The van der Waals surface area contributed by atoms with Crippen molar-refractivity contribution in [2.24, 2.45) is 0 Å². The van der Waals surface area contributed by atoms with Crippen LogP contribution in [-0.2, 0) is 6.42 Å². The van der Waals surface area contributed by atoms with Crippen LogP contribution in [0.25, 0.3) is 0 Å². The maximum Gasteiger partial charge on any atom is 0.0841 e. The Labute approximate surface area is 107 Å². The zero-order valence-corrected chi connectivity index (χ0v) is 10.7. The van der Waals surface area contributed by atoms with E-state index in [0.717, 1.165) is 16.0 Å². The monoisotopic (exact) mass is 244 g/mol. The molecule has 0 saturated heterocycles. The van der Waals surface area contributed by atoms with E-state index in [2.05, 4.69) is 0 Å². The van der Waals surface area contributed by atoms with Crippen LogP contribution in [0.5, 0.6) is 0 Å². The molecule has 0 amide bonds. The van der Waals surface area contributed by atoms with Crippen LogP contribution >= 0.6 is 11.8 Å². The van der Waals surface area contributed by atoms with Gasteiger partial charge in [0.25, 0.3) is 0 Å². The first-order valence-corrected chi connectivity index (χ1v) is 6.88. The molecule has 0 radical (unpaired) electrons. The molecule has 1 atom stereocenters. The highest BCUT2D eigenvalue weighted by Gasteiger charge is 2.11. The van der Waals surface area contributed by atoms with Crippen molar-refractivity contribution in [1.29, 1.82) is 0 Å². The minimum atomic E-state index is -0.430. The molecule has 88 valence electrons. The second-order valence-corrected chi connectivity index (χ2v) is 4.80. The normalized spacial score (nSPS) is 12.4. The first kappa shape index (κ1) is 12.2. The molecule has 0 heterocycles. The van der Waals surface area contributed by atoms with Crippen LogP contribution in [0, 0.1) is 0 Å². The molecule has 17 heavy (non-hydrogen) atoms. The Morgan fingerprint density at radius 1 is 1.00 bits per heavy atom. The molecule has 0 aromatic heterocycles. The van der Waals surface area contributed by atoms with Crippen LogP contribution in [0.15, 0.2) is 59.5 Å². The van der Waals surface area contributed by atoms with Crippen molar-refractivity contribution in [3.05, 3.63) is 65.7 Å². The van der Waals surface area contributed by atoms with E-state index in [1.54, 1.807) is 11.8 Å². The van der Waals surface area contributed by atoms with Gasteiger partial charge in [-0.1, -0.05) is 48.5 Å². The summed E-state index contributed by atoms with van der Waals surface area (Å²) < 4.78 is 0. The Kier molecular flexibility index (Phi) is 4.24. The van der Waals surface area contributed by atoms with Crippen molar-refractivity contribution in [2.45, 2.75) is 17.4 Å². The predicted octanol–water partition coefficient (Wildman–Crippen LogP) is 3.68. The fourth-order valence-electron chi connectivity index (χ4n) is 1.89. The number of benzene rings is 2. The Hall–Kier alpha value is -1.25. The third-order valence-electron chi connectivity index (χ3n) is 2.77. The van der Waals surface area contributed by atoms with Crippen LogP contribution in [0.4, 0.5) is 0 Å². The number of rotatable bonds is 4. The number of aliphatic hydroxyl groups is 1. The molecule has 2 rings (SSSR count). The molecule has 0 bridgehead atoms. The Morgan fingerprint density at radius 2 is 1.65 bits per heavy atom. The predicted molar refractivity (Wildman–Crippen MR) is 73.3 cm³/mol. The van der Waals surface area contributed by atoms with Gasteiger partial charge < -0.3 is 5.11 Å². The fourth-order valence-corrected chi connectivity index (χ4v) is 2.54. The third-order valence-corrected chi connectivity index (χ3v) is 3.58. The number of hydrogen-bond donors (Lipinski definition) is 1. The number of hydrogen-bond acceptors (Lipinski definition) is 2. The highest BCUT2D eigenvalue weighted by Crippen LogP contribution is 2.27. The minimum absolute atomic E-state index is 0.430. The molecule has 1 nitrogen and oxygen atoms in total. The van der Waals surface area contributed by atoms with Crippen LogP contribution in [0.1, 0.15) is 17.2 Å². The standard InChI is InChI=1S/C15H16OS/c1-17-15-10-6-5-9-13(15)14(16)11-12-7-3-2-4-8-12/h2-10,14,16H,11H2,1H3. The van der Waals surface area contributed by atoms with E-state index in [0.29, 0.717) is 6.42 Å². The Morgan fingerprint density at radius 3 is 2.35 bits per heavy atom. The Bertz CT molecular complexity index is 467. The fraction of sp³-hybridized carbons (Fsp3) is 0.200. The average Bonchev–Trinajstić information content (AvgIpc) is 2.40. The van der Waals surface area contributed by atoms with Crippen molar-refractivity contribution >= 4 is 11.8 Å². The molecule has 0 spiro atoms. The molecule has 1 N–H and O–H groups in total. The molecular weight excluding hydrogens is 228 g/mol. The van der Waals surface area contributed by atoms with Gasteiger partial charge in [-0.3, -0.25) is 0 Å². The second-order valence-electron chi connectivity index (χ2n) is 3.95. The van der Waals surface area contributed by atoms with Gasteiger partial charge >= 0.3 is 0 Å². The van der Waals surface area contributed by atoms with E-state index >= 15 is 0 Å². The van der Waals surface area contributed by atoms with Crippen LogP contribution < -0.4 is 0 Å². The molecule has 2 aromatic carbocycles. The molecule has 0 aliphatic rings. The summed E-state index contributed by atoms with van der Waals surface area (Å²) in [5.74, 6) is 0. The largest absolute Gasteiger partial charge is 0.388 e. The highest BCUT2D eigenvalue weighted by molar-refractivity contribution is 7.98. The summed E-state index contributed by atoms with van der Waals surface area (Å²) in [5, 5.41) is 10.3. The molecule has 2 aromatic rings. The number of thioether (sulfide) groups is 1. The van der Waals surface area contributed by atoms with Gasteiger partial charge in [0, 0.05) is 11.3 Å². The number of aliphatic hydroxyl groups excluding tert-OH is 1. The first-order chi connectivity index (χ1) is 8.31. The topological polar surface area (TPSA) is 20.2 Å². The van der Waals surface area contributed by atoms with Crippen LogP contribution in [0.2, 0.25) is 0 Å². The third kappa shape index (κ3) is 3.11. The van der Waals surface area contributed by atoms with E-state index in [1.807, 2.05) is 60.9 Å². The maximum atomic E-state index is 10.3. The first-order valence-electron chi connectivity index (χ1n) is 5.66. The van der Waals surface area contributed by atoms with Gasteiger partial charge in [-0.15, -0.1) is 11.8 Å². The van der Waals surface area contributed by atoms with Crippen molar-refractivity contribution in [2.75, 3.05) is 6.26 Å². The van der Waals surface area contributed by atoms with E-state index in [1.165, 1.54) is 0 Å². The van der Waals surface area contributed by atoms with E-state index < -0.39 is 6.10 Å². The zero-order chi connectivity index (χ0) is 12.1. The quantitative estimate of drug-likeness (QED) is 0.828. The molecular formula is C15H16OS. The molecule has 0 aliphatic carbocycles. The maximum absolute atomic E-state index is 10.3. The SMILES string of the molecule is CSc1ccccc1C(O)Cc1ccccc1. The second kappa shape index (κ2) is 5.89. The molecule has 0 saturated carbocycles. The van der Waals surface area contributed by atoms with Crippen molar-refractivity contribution in [3.8, 4) is 0 Å². The summed E-state index contributed by atoms with van der Waals surface area (Å²) in [6.45, 7) is 0. The molecule has 1 unspecified atom stereocenters. The van der Waals surface area contributed by atoms with Crippen molar-refractivity contribution < 1.29 is 5.11 Å². The van der Waals surface area contributed by atoms with Gasteiger partial charge in [0.05, 0.1) is 6.10 Å². The highest BCUT2D eigenvalue weighted by atomic mass is 32.2. The van der Waals surface area contributed by atoms with E-state index in [-0.39, 0.29) is 0 Å². The molecule has 2 heteroatoms. The summed E-state index contributed by atoms with van der Waals surface area (Å²) in [4.78, 5) is 1.15. The van der Waals surface area contributed by atoms with Gasteiger partial charge in [-0.05, 0) is 23.4 Å². The van der Waals surface area contributed by atoms with Gasteiger partial charge in [0.1, 0.15) is 0 Å². The van der Waals surface area contributed by atoms with Gasteiger partial charge in [0.15, 0.2) is 0 Å². The minimum Gasteiger partial charge on any atom is -0.388 e. The van der Waals surface area contributed by atoms with Gasteiger partial charge in [-0.25, -0.2) is 0 Å². The lowest BCUT2D eigenvalue weighted by Crippen LogP contribution is -2.03. The Balaban J connectivity index is 2.17.